The minimum atomic E-state index is -0.610. The van der Waals surface area contributed by atoms with Crippen LogP contribution >= 0.6 is 27.5 Å². The van der Waals surface area contributed by atoms with E-state index in [0.717, 1.165) is 15.6 Å². The maximum atomic E-state index is 14.3. The molecule has 112 valence electrons. The summed E-state index contributed by atoms with van der Waals surface area (Å²) in [4.78, 5) is 0. The molecule has 0 aliphatic rings. The summed E-state index contributed by atoms with van der Waals surface area (Å²) >= 11 is 9.87. The molecule has 5 heteroatoms. The van der Waals surface area contributed by atoms with Crippen molar-refractivity contribution < 1.29 is 13.9 Å². The molecule has 0 radical (unpaired) electrons. The first-order valence-electron chi connectivity index (χ1n) is 6.29. The van der Waals surface area contributed by atoms with E-state index in [0.29, 0.717) is 17.1 Å². The van der Waals surface area contributed by atoms with Crippen LogP contribution in [0.25, 0.3) is 0 Å². The van der Waals surface area contributed by atoms with Gasteiger partial charge in [0.25, 0.3) is 0 Å². The monoisotopic (exact) mass is 372 g/mol. The predicted octanol–water partition coefficient (Wildman–Crippen LogP) is 5.24. The van der Waals surface area contributed by atoms with Crippen molar-refractivity contribution in [3.05, 3.63) is 57.3 Å². The molecule has 0 aliphatic carbocycles. The molecule has 0 fully saturated rings. The Morgan fingerprint density at radius 1 is 1.05 bits per heavy atom. The Kier molecular flexibility index (Phi) is 5.12. The molecule has 2 aromatic carbocycles. The van der Waals surface area contributed by atoms with Gasteiger partial charge in [0, 0.05) is 16.1 Å². The predicted molar refractivity (Wildman–Crippen MR) is 86.1 cm³/mol. The molecule has 0 aliphatic heterocycles. The lowest BCUT2D eigenvalue weighted by molar-refractivity contribution is 0.351. The summed E-state index contributed by atoms with van der Waals surface area (Å²) in [6, 6.07) is 8.63. The van der Waals surface area contributed by atoms with Gasteiger partial charge in [0.05, 0.1) is 19.6 Å². The zero-order valence-electron chi connectivity index (χ0n) is 11.9. The van der Waals surface area contributed by atoms with Gasteiger partial charge in [-0.05, 0) is 36.2 Å². The van der Waals surface area contributed by atoms with Crippen molar-refractivity contribution >= 4 is 27.5 Å². The number of alkyl halides is 1. The number of hydrogen-bond donors (Lipinski definition) is 0. The average Bonchev–Trinajstić information content (AvgIpc) is 2.45. The number of methoxy groups -OCH3 is 2. The Bertz CT molecular complexity index is 641. The smallest absolute Gasteiger partial charge is 0.163 e. The van der Waals surface area contributed by atoms with E-state index in [-0.39, 0.29) is 0 Å². The maximum absolute atomic E-state index is 14.3. The van der Waals surface area contributed by atoms with Crippen LogP contribution < -0.4 is 9.47 Å². The zero-order valence-corrected chi connectivity index (χ0v) is 14.3. The van der Waals surface area contributed by atoms with E-state index in [4.69, 9.17) is 21.1 Å². The van der Waals surface area contributed by atoms with Crippen molar-refractivity contribution in [2.24, 2.45) is 0 Å². The molecule has 2 nitrogen and oxygen atoms in total. The Labute approximate surface area is 137 Å². The fourth-order valence-corrected chi connectivity index (χ4v) is 3.07. The molecule has 1 atom stereocenters. The van der Waals surface area contributed by atoms with E-state index in [1.54, 1.807) is 6.07 Å². The minimum Gasteiger partial charge on any atom is -0.493 e. The largest absolute Gasteiger partial charge is 0.493 e. The van der Waals surface area contributed by atoms with Gasteiger partial charge in [0.15, 0.2) is 11.5 Å². The number of rotatable bonds is 4. The summed E-state index contributed by atoms with van der Waals surface area (Å²) in [5.41, 5.74) is 2.22. The third-order valence-electron chi connectivity index (χ3n) is 3.13. The van der Waals surface area contributed by atoms with Crippen molar-refractivity contribution in [2.75, 3.05) is 14.2 Å². The van der Waals surface area contributed by atoms with Crippen LogP contribution in [-0.2, 0) is 0 Å². The lowest BCUT2D eigenvalue weighted by atomic mass is 10.0. The van der Waals surface area contributed by atoms with E-state index in [9.17, 15) is 4.39 Å². The third kappa shape index (κ3) is 3.50. The van der Waals surface area contributed by atoms with Crippen molar-refractivity contribution in [2.45, 2.75) is 12.3 Å². The van der Waals surface area contributed by atoms with Crippen LogP contribution in [0.2, 0.25) is 0 Å². The number of aryl methyl sites for hydroxylation is 1. The number of hydrogen-bond acceptors (Lipinski definition) is 2. The zero-order chi connectivity index (χ0) is 15.6. The van der Waals surface area contributed by atoms with Crippen molar-refractivity contribution in [1.82, 2.24) is 0 Å². The Morgan fingerprint density at radius 3 is 2.24 bits per heavy atom. The Hall–Kier alpha value is -1.26. The molecule has 1 unspecified atom stereocenters. The summed E-state index contributed by atoms with van der Waals surface area (Å²) in [5, 5.41) is -0.610. The fourth-order valence-electron chi connectivity index (χ4n) is 2.15. The number of benzene rings is 2. The molecule has 0 saturated carbocycles. The average molecular weight is 374 g/mol. The number of ether oxygens (including phenoxy) is 2. The molecule has 2 aromatic rings. The van der Waals surface area contributed by atoms with E-state index in [1.807, 2.05) is 25.1 Å². The first-order valence-corrected chi connectivity index (χ1v) is 7.51. The molecule has 0 N–H and O–H groups in total. The molecule has 0 aromatic heterocycles. The van der Waals surface area contributed by atoms with Gasteiger partial charge in [0.2, 0.25) is 0 Å². The van der Waals surface area contributed by atoms with E-state index in [2.05, 4.69) is 15.9 Å². The highest BCUT2D eigenvalue weighted by molar-refractivity contribution is 9.10. The third-order valence-corrected chi connectivity index (χ3v) is 4.08. The highest BCUT2D eigenvalue weighted by atomic mass is 79.9. The van der Waals surface area contributed by atoms with Crippen molar-refractivity contribution in [3.63, 3.8) is 0 Å². The molecule has 0 saturated heterocycles. The normalized spacial score (nSPS) is 12.1. The van der Waals surface area contributed by atoms with Crippen molar-refractivity contribution in [3.8, 4) is 11.5 Å². The van der Waals surface area contributed by atoms with Crippen LogP contribution in [0.15, 0.2) is 34.8 Å². The quantitative estimate of drug-likeness (QED) is 0.682. The highest BCUT2D eigenvalue weighted by Crippen LogP contribution is 2.38. The second-order valence-corrected chi connectivity index (χ2v) is 6.01. The number of halogens is 3. The molecule has 0 heterocycles. The fraction of sp³-hybridized carbons (Fsp3) is 0.250. The minimum absolute atomic E-state index is 0.341. The summed E-state index contributed by atoms with van der Waals surface area (Å²) in [7, 11) is 2.97. The molecular formula is C16H15BrClFO2. The summed E-state index contributed by atoms with van der Waals surface area (Å²) < 4.78 is 25.5. The first kappa shape index (κ1) is 16.1. The van der Waals surface area contributed by atoms with Crippen LogP contribution in [0.1, 0.15) is 22.1 Å². The van der Waals surface area contributed by atoms with E-state index in [1.165, 1.54) is 20.3 Å². The van der Waals surface area contributed by atoms with Crippen molar-refractivity contribution in [1.29, 1.82) is 0 Å². The summed E-state index contributed by atoms with van der Waals surface area (Å²) in [6.07, 6.45) is 0. The molecule has 2 rings (SSSR count). The van der Waals surface area contributed by atoms with Gasteiger partial charge in [-0.25, -0.2) is 4.39 Å². The van der Waals surface area contributed by atoms with Crippen LogP contribution in [0.3, 0.4) is 0 Å². The van der Waals surface area contributed by atoms with Crippen LogP contribution in [0, 0.1) is 12.7 Å². The lowest BCUT2D eigenvalue weighted by Crippen LogP contribution is -2.01. The second-order valence-electron chi connectivity index (χ2n) is 4.65. The van der Waals surface area contributed by atoms with Gasteiger partial charge in [-0.3, -0.25) is 0 Å². The van der Waals surface area contributed by atoms with Gasteiger partial charge in [-0.1, -0.05) is 22.0 Å². The van der Waals surface area contributed by atoms with Crippen LogP contribution in [0.5, 0.6) is 11.5 Å². The highest BCUT2D eigenvalue weighted by Gasteiger charge is 2.19. The molecule has 21 heavy (non-hydrogen) atoms. The second kappa shape index (κ2) is 6.67. The van der Waals surface area contributed by atoms with Crippen LogP contribution in [-0.4, -0.2) is 14.2 Å². The molecule has 0 spiro atoms. The maximum Gasteiger partial charge on any atom is 0.163 e. The Morgan fingerprint density at radius 2 is 1.67 bits per heavy atom. The molecule has 0 amide bonds. The van der Waals surface area contributed by atoms with Gasteiger partial charge < -0.3 is 9.47 Å². The van der Waals surface area contributed by atoms with E-state index < -0.39 is 11.2 Å². The van der Waals surface area contributed by atoms with Gasteiger partial charge in [-0.2, -0.15) is 0 Å². The summed E-state index contributed by atoms with van der Waals surface area (Å²) in [6.45, 7) is 1.96. The Balaban J connectivity index is 2.49. The lowest BCUT2D eigenvalue weighted by Gasteiger charge is -2.16. The van der Waals surface area contributed by atoms with Gasteiger partial charge in [0.1, 0.15) is 5.82 Å². The molecular weight excluding hydrogens is 359 g/mol. The van der Waals surface area contributed by atoms with E-state index >= 15 is 0 Å². The first-order chi connectivity index (χ1) is 9.96. The van der Waals surface area contributed by atoms with Crippen LogP contribution in [0.4, 0.5) is 4.39 Å². The summed E-state index contributed by atoms with van der Waals surface area (Å²) in [5.74, 6) is 0.365. The van der Waals surface area contributed by atoms with Gasteiger partial charge >= 0.3 is 0 Å². The SMILES string of the molecule is COc1cc(F)c(C(Cl)c2cc(C)cc(Br)c2)cc1OC. The van der Waals surface area contributed by atoms with Gasteiger partial charge in [-0.15, -0.1) is 11.6 Å². The standard InChI is InChI=1S/C16H15BrClFO2/c1-9-4-10(6-11(17)5-9)16(18)12-7-14(20-2)15(21-3)8-13(12)19/h4-8,16H,1-3H3. The molecule has 0 bridgehead atoms. The topological polar surface area (TPSA) is 18.5 Å².